The van der Waals surface area contributed by atoms with Crippen LogP contribution in [0.15, 0.2) is 12.5 Å². The highest BCUT2D eigenvalue weighted by atomic mass is 32.1. The molecule has 190 valence electrons. The van der Waals surface area contributed by atoms with Gasteiger partial charge in [-0.25, -0.2) is 9.78 Å². The van der Waals surface area contributed by atoms with E-state index < -0.39 is 60.2 Å². The smallest absolute Gasteiger partial charge is 0.326 e. The number of carboxylic acid groups (broad SMARTS) is 2. The standard InChI is InChI=1S/C20H32N6O7S/c1-3-10(2)16(26-17(29)12(21)8-34)19(31)24-13(4-5-15(27)28)18(30)25-14(20(32)33)6-11-7-22-9-23-11/h7,9-10,12-14,16,34H,3-6,8,21H2,1-2H3,(H,22,23)(H,24,31)(H,25,30)(H,26,29)(H,27,28)(H,32,33). The van der Waals surface area contributed by atoms with Crippen molar-refractivity contribution in [2.24, 2.45) is 11.7 Å². The molecule has 13 nitrogen and oxygen atoms in total. The highest BCUT2D eigenvalue weighted by Gasteiger charge is 2.32. The van der Waals surface area contributed by atoms with Gasteiger partial charge in [-0.2, -0.15) is 12.6 Å². The van der Waals surface area contributed by atoms with E-state index in [0.29, 0.717) is 12.1 Å². The van der Waals surface area contributed by atoms with Crippen molar-refractivity contribution in [1.82, 2.24) is 25.9 Å². The average molecular weight is 501 g/mol. The maximum Gasteiger partial charge on any atom is 0.326 e. The van der Waals surface area contributed by atoms with Gasteiger partial charge in [0.05, 0.1) is 12.4 Å². The van der Waals surface area contributed by atoms with Gasteiger partial charge in [-0.3, -0.25) is 19.2 Å². The second-order valence-electron chi connectivity index (χ2n) is 7.83. The van der Waals surface area contributed by atoms with Gasteiger partial charge in [-0.05, 0) is 12.3 Å². The zero-order valence-corrected chi connectivity index (χ0v) is 19.9. The van der Waals surface area contributed by atoms with Crippen LogP contribution in [0.1, 0.15) is 38.8 Å². The van der Waals surface area contributed by atoms with Gasteiger partial charge in [0.1, 0.15) is 18.1 Å². The van der Waals surface area contributed by atoms with Crippen LogP contribution in [0.2, 0.25) is 0 Å². The number of nitrogens with zero attached hydrogens (tertiary/aromatic N) is 1. The van der Waals surface area contributed by atoms with E-state index in [1.165, 1.54) is 12.5 Å². The molecule has 5 unspecified atom stereocenters. The molecule has 0 spiro atoms. The Kier molecular flexibility index (Phi) is 12.1. The molecule has 3 amide bonds. The average Bonchev–Trinajstić information content (AvgIpc) is 3.31. The predicted octanol–water partition coefficient (Wildman–Crippen LogP) is -1.34. The number of aromatic amines is 1. The minimum atomic E-state index is -1.35. The van der Waals surface area contributed by atoms with Gasteiger partial charge in [0.25, 0.3) is 0 Å². The lowest BCUT2D eigenvalue weighted by Gasteiger charge is -2.27. The van der Waals surface area contributed by atoms with E-state index in [4.69, 9.17) is 10.8 Å². The molecule has 0 bridgehead atoms. The number of rotatable bonds is 15. The number of imidazole rings is 1. The summed E-state index contributed by atoms with van der Waals surface area (Å²) in [5.41, 5.74) is 6.12. The fourth-order valence-electron chi connectivity index (χ4n) is 2.93. The maximum atomic E-state index is 13.0. The normalized spacial score (nSPS) is 15.3. The Bertz CT molecular complexity index is 850. The number of amides is 3. The fourth-order valence-corrected chi connectivity index (χ4v) is 3.10. The van der Waals surface area contributed by atoms with E-state index in [1.807, 2.05) is 0 Å². The highest BCUT2D eigenvalue weighted by molar-refractivity contribution is 7.80. The topological polar surface area (TPSA) is 217 Å². The SMILES string of the molecule is CCC(C)C(NC(=O)C(N)CS)C(=O)NC(CCC(=O)O)C(=O)NC(Cc1cnc[nH]1)C(=O)O. The molecule has 1 aromatic heterocycles. The molecular formula is C20H32N6O7S. The molecule has 5 atom stereocenters. The van der Waals surface area contributed by atoms with Crippen LogP contribution in [0.3, 0.4) is 0 Å². The Morgan fingerprint density at radius 3 is 2.24 bits per heavy atom. The van der Waals surface area contributed by atoms with Crippen molar-refractivity contribution in [2.75, 3.05) is 5.75 Å². The molecule has 0 fully saturated rings. The van der Waals surface area contributed by atoms with Gasteiger partial charge in [0.15, 0.2) is 0 Å². The number of carboxylic acids is 2. The van der Waals surface area contributed by atoms with Gasteiger partial charge in [-0.1, -0.05) is 20.3 Å². The Hall–Kier alpha value is -3.13. The number of hydrogen-bond donors (Lipinski definition) is 8. The van der Waals surface area contributed by atoms with E-state index in [-0.39, 0.29) is 24.5 Å². The lowest BCUT2D eigenvalue weighted by Crippen LogP contribution is -2.59. The number of aliphatic carboxylic acids is 2. The van der Waals surface area contributed by atoms with Crippen molar-refractivity contribution in [3.05, 3.63) is 18.2 Å². The Balaban J connectivity index is 3.02. The molecule has 0 saturated carbocycles. The second kappa shape index (κ2) is 14.2. The van der Waals surface area contributed by atoms with Crippen LogP contribution in [0, 0.1) is 5.92 Å². The number of thiol groups is 1. The number of carbonyl (C=O) groups excluding carboxylic acids is 3. The van der Waals surface area contributed by atoms with Crippen molar-refractivity contribution < 1.29 is 34.2 Å². The summed E-state index contributed by atoms with van der Waals surface area (Å²) >= 11 is 3.96. The number of H-pyrrole nitrogens is 1. The molecule has 14 heteroatoms. The third kappa shape index (κ3) is 9.39. The molecular weight excluding hydrogens is 468 g/mol. The Labute approximate surface area is 202 Å². The largest absolute Gasteiger partial charge is 0.481 e. The van der Waals surface area contributed by atoms with Crippen molar-refractivity contribution in [3.8, 4) is 0 Å². The minimum Gasteiger partial charge on any atom is -0.481 e. The van der Waals surface area contributed by atoms with E-state index in [1.54, 1.807) is 13.8 Å². The summed E-state index contributed by atoms with van der Waals surface area (Å²) < 4.78 is 0. The molecule has 0 aromatic carbocycles. The summed E-state index contributed by atoms with van der Waals surface area (Å²) in [5, 5.41) is 25.8. The summed E-state index contributed by atoms with van der Waals surface area (Å²) in [7, 11) is 0. The van der Waals surface area contributed by atoms with Crippen LogP contribution in [0.25, 0.3) is 0 Å². The summed E-state index contributed by atoms with van der Waals surface area (Å²) in [6.45, 7) is 3.52. The quantitative estimate of drug-likeness (QED) is 0.133. The first kappa shape index (κ1) is 28.9. The summed E-state index contributed by atoms with van der Waals surface area (Å²) in [5.74, 6) is -5.01. The second-order valence-corrected chi connectivity index (χ2v) is 8.20. The minimum absolute atomic E-state index is 0.0528. The van der Waals surface area contributed by atoms with Crippen LogP contribution in [-0.2, 0) is 30.4 Å². The third-order valence-corrected chi connectivity index (χ3v) is 5.59. The molecule has 0 radical (unpaired) electrons. The van der Waals surface area contributed by atoms with Gasteiger partial charge in [0.2, 0.25) is 17.7 Å². The van der Waals surface area contributed by atoms with E-state index in [9.17, 15) is 29.1 Å². The van der Waals surface area contributed by atoms with Crippen LogP contribution in [0.5, 0.6) is 0 Å². The van der Waals surface area contributed by atoms with Crippen molar-refractivity contribution in [2.45, 2.75) is 63.7 Å². The molecule has 0 aliphatic carbocycles. The Morgan fingerprint density at radius 2 is 1.74 bits per heavy atom. The molecule has 34 heavy (non-hydrogen) atoms. The monoisotopic (exact) mass is 500 g/mol. The highest BCUT2D eigenvalue weighted by Crippen LogP contribution is 2.10. The zero-order valence-electron chi connectivity index (χ0n) is 19.0. The first-order chi connectivity index (χ1) is 16.0. The third-order valence-electron chi connectivity index (χ3n) is 5.20. The van der Waals surface area contributed by atoms with Crippen LogP contribution in [0.4, 0.5) is 0 Å². The lowest BCUT2D eigenvalue weighted by molar-refractivity contribution is -0.143. The van der Waals surface area contributed by atoms with Crippen molar-refractivity contribution in [3.63, 3.8) is 0 Å². The molecule has 0 aliphatic heterocycles. The van der Waals surface area contributed by atoms with Gasteiger partial charge in [0, 0.05) is 30.5 Å². The van der Waals surface area contributed by atoms with E-state index in [2.05, 4.69) is 38.5 Å². The van der Waals surface area contributed by atoms with Crippen molar-refractivity contribution >= 4 is 42.3 Å². The molecule has 8 N–H and O–H groups in total. The van der Waals surface area contributed by atoms with Crippen LogP contribution in [-0.4, -0.2) is 79.8 Å². The fraction of sp³-hybridized carbons (Fsp3) is 0.600. The summed E-state index contributed by atoms with van der Waals surface area (Å²) in [6.07, 6.45) is 2.41. The molecule has 1 rings (SSSR count). The maximum absolute atomic E-state index is 13.0. The molecule has 0 saturated heterocycles. The predicted molar refractivity (Wildman–Crippen MR) is 124 cm³/mol. The zero-order chi connectivity index (χ0) is 25.8. The molecule has 1 aromatic rings. The summed E-state index contributed by atoms with van der Waals surface area (Å²) in [4.78, 5) is 67.3. The van der Waals surface area contributed by atoms with Crippen LogP contribution < -0.4 is 21.7 Å². The number of nitrogens with two attached hydrogens (primary N) is 1. The van der Waals surface area contributed by atoms with Crippen molar-refractivity contribution in [1.29, 1.82) is 0 Å². The number of hydrogen-bond acceptors (Lipinski definition) is 8. The number of nitrogens with one attached hydrogen (secondary N) is 4. The van der Waals surface area contributed by atoms with E-state index in [0.717, 1.165) is 0 Å². The molecule has 0 aliphatic rings. The lowest BCUT2D eigenvalue weighted by atomic mass is 9.97. The number of aromatic nitrogens is 2. The molecule has 1 heterocycles. The van der Waals surface area contributed by atoms with Gasteiger partial charge in [-0.15, -0.1) is 0 Å². The van der Waals surface area contributed by atoms with Gasteiger partial charge < -0.3 is 36.9 Å². The summed E-state index contributed by atoms with van der Waals surface area (Å²) in [6, 6.07) is -4.71. The van der Waals surface area contributed by atoms with Gasteiger partial charge >= 0.3 is 11.9 Å². The van der Waals surface area contributed by atoms with E-state index >= 15 is 0 Å². The first-order valence-electron chi connectivity index (χ1n) is 10.7. The van der Waals surface area contributed by atoms with Crippen LogP contribution >= 0.6 is 12.6 Å². The number of carbonyl (C=O) groups is 5. The first-order valence-corrected chi connectivity index (χ1v) is 11.3. The Morgan fingerprint density at radius 1 is 1.09 bits per heavy atom.